The van der Waals surface area contributed by atoms with E-state index in [0.29, 0.717) is 0 Å². The van der Waals surface area contributed by atoms with Gasteiger partial charge in [0.15, 0.2) is 0 Å². The van der Waals surface area contributed by atoms with Gasteiger partial charge < -0.3 is 0 Å². The van der Waals surface area contributed by atoms with Crippen molar-refractivity contribution in [3.05, 3.63) is 47.8 Å². The van der Waals surface area contributed by atoms with Crippen molar-refractivity contribution in [1.82, 2.24) is 0 Å². The first-order valence-electron chi connectivity index (χ1n) is 3.95. The van der Waals surface area contributed by atoms with Crippen LogP contribution in [0.4, 0.5) is 4.39 Å². The molecular weight excluding hydrogens is 163 g/mol. The summed E-state index contributed by atoms with van der Waals surface area (Å²) in [5.41, 5.74) is 0.819. The molecule has 0 N–H and O–H groups in total. The first-order chi connectivity index (χ1) is 6.29. The van der Waals surface area contributed by atoms with Gasteiger partial charge in [0.2, 0.25) is 0 Å². The molecule has 0 amide bonds. The van der Waals surface area contributed by atoms with Crippen molar-refractivity contribution in [1.29, 1.82) is 0 Å². The maximum absolute atomic E-state index is 12.8. The summed E-state index contributed by atoms with van der Waals surface area (Å²) in [4.78, 5) is 0. The minimum atomic E-state index is -0.221. The molecule has 0 aliphatic heterocycles. The molecule has 0 heterocycles. The van der Waals surface area contributed by atoms with Crippen LogP contribution < -0.4 is 0 Å². The van der Waals surface area contributed by atoms with E-state index in [2.05, 4.69) is 5.92 Å². The van der Waals surface area contributed by atoms with Crippen molar-refractivity contribution in [2.75, 3.05) is 0 Å². The molecule has 0 aliphatic carbocycles. The molecule has 0 spiro atoms. The summed E-state index contributed by atoms with van der Waals surface area (Å²) in [5, 5.41) is 1.84. The predicted octanol–water partition coefficient (Wildman–Crippen LogP) is 2.96. The lowest BCUT2D eigenvalue weighted by molar-refractivity contribution is 0.630. The Kier molecular flexibility index (Phi) is 1.75. The Morgan fingerprint density at radius 2 is 1.69 bits per heavy atom. The van der Waals surface area contributed by atoms with Gasteiger partial charge in [0.05, 0.1) is 0 Å². The molecule has 0 unspecified atom stereocenters. The standard InChI is InChI=1S/C12H7F/c1-2-9-3-4-11-8-12(13)6-5-10(11)7-9/h1,3-8H. The molecular formula is C12H7F. The van der Waals surface area contributed by atoms with Crippen molar-refractivity contribution < 1.29 is 4.39 Å². The van der Waals surface area contributed by atoms with Crippen LogP contribution in [0.15, 0.2) is 36.4 Å². The number of benzene rings is 2. The molecule has 0 nitrogen and oxygen atoms in total. The van der Waals surface area contributed by atoms with Crippen LogP contribution in [0.25, 0.3) is 10.8 Å². The summed E-state index contributed by atoms with van der Waals surface area (Å²) in [6.07, 6.45) is 5.25. The molecule has 62 valence electrons. The van der Waals surface area contributed by atoms with E-state index < -0.39 is 0 Å². The Bertz CT molecular complexity index is 492. The lowest BCUT2D eigenvalue weighted by Gasteiger charge is -1.97. The largest absolute Gasteiger partial charge is 0.207 e. The Labute approximate surface area is 76.0 Å². The van der Waals surface area contributed by atoms with Gasteiger partial charge in [-0.05, 0) is 35.0 Å². The fourth-order valence-electron chi connectivity index (χ4n) is 1.31. The highest BCUT2D eigenvalue weighted by molar-refractivity contribution is 5.83. The molecule has 0 fully saturated rings. The van der Waals surface area contributed by atoms with E-state index in [1.165, 1.54) is 12.1 Å². The topological polar surface area (TPSA) is 0 Å². The third kappa shape index (κ3) is 1.39. The first-order valence-corrected chi connectivity index (χ1v) is 3.95. The van der Waals surface area contributed by atoms with Gasteiger partial charge >= 0.3 is 0 Å². The van der Waals surface area contributed by atoms with Crippen molar-refractivity contribution in [3.8, 4) is 12.3 Å². The van der Waals surface area contributed by atoms with Crippen LogP contribution in [-0.4, -0.2) is 0 Å². The summed E-state index contributed by atoms with van der Waals surface area (Å²) >= 11 is 0. The zero-order chi connectivity index (χ0) is 9.26. The molecule has 0 aliphatic rings. The second-order valence-corrected chi connectivity index (χ2v) is 2.85. The summed E-state index contributed by atoms with van der Waals surface area (Å²) in [6, 6.07) is 10.2. The minimum absolute atomic E-state index is 0.221. The zero-order valence-electron chi connectivity index (χ0n) is 6.92. The molecule has 0 saturated carbocycles. The number of rotatable bonds is 0. The Morgan fingerprint density at radius 3 is 2.46 bits per heavy atom. The summed E-state index contributed by atoms with van der Waals surface area (Å²) in [7, 11) is 0. The Balaban J connectivity index is 2.75. The third-order valence-electron chi connectivity index (χ3n) is 1.97. The van der Waals surface area contributed by atoms with Crippen molar-refractivity contribution in [2.24, 2.45) is 0 Å². The maximum Gasteiger partial charge on any atom is 0.123 e. The fourth-order valence-corrected chi connectivity index (χ4v) is 1.31. The van der Waals surface area contributed by atoms with Crippen LogP contribution in [-0.2, 0) is 0 Å². The Morgan fingerprint density at radius 1 is 1.00 bits per heavy atom. The fraction of sp³-hybridized carbons (Fsp3) is 0. The number of hydrogen-bond acceptors (Lipinski definition) is 0. The number of halogens is 1. The highest BCUT2D eigenvalue weighted by atomic mass is 19.1. The van der Waals surface area contributed by atoms with Gasteiger partial charge in [-0.15, -0.1) is 6.42 Å². The zero-order valence-corrected chi connectivity index (χ0v) is 6.92. The van der Waals surface area contributed by atoms with E-state index in [0.717, 1.165) is 16.3 Å². The van der Waals surface area contributed by atoms with Crippen LogP contribution in [0.3, 0.4) is 0 Å². The molecule has 0 saturated heterocycles. The lowest BCUT2D eigenvalue weighted by Crippen LogP contribution is -1.78. The second-order valence-electron chi connectivity index (χ2n) is 2.85. The summed E-state index contributed by atoms with van der Waals surface area (Å²) in [5.74, 6) is 2.32. The van der Waals surface area contributed by atoms with Crippen molar-refractivity contribution >= 4 is 10.8 Å². The van der Waals surface area contributed by atoms with Crippen LogP contribution in [0.1, 0.15) is 5.56 Å². The first kappa shape index (κ1) is 7.82. The number of fused-ring (bicyclic) bond motifs is 1. The second kappa shape index (κ2) is 2.91. The Hall–Kier alpha value is -1.81. The molecule has 0 aromatic heterocycles. The van der Waals surface area contributed by atoms with E-state index in [4.69, 9.17) is 6.42 Å². The highest BCUT2D eigenvalue weighted by Crippen LogP contribution is 2.16. The molecule has 0 atom stereocenters. The predicted molar refractivity (Wildman–Crippen MR) is 51.8 cm³/mol. The lowest BCUT2D eigenvalue weighted by atomic mass is 10.1. The van der Waals surface area contributed by atoms with E-state index in [1.807, 2.05) is 18.2 Å². The van der Waals surface area contributed by atoms with Gasteiger partial charge in [-0.3, -0.25) is 0 Å². The number of terminal acetylenes is 1. The molecule has 2 rings (SSSR count). The molecule has 1 heteroatoms. The van der Waals surface area contributed by atoms with E-state index in [9.17, 15) is 4.39 Å². The SMILES string of the molecule is C#Cc1ccc2cc(F)ccc2c1. The summed E-state index contributed by atoms with van der Waals surface area (Å²) in [6.45, 7) is 0. The van der Waals surface area contributed by atoms with Crippen LogP contribution in [0.5, 0.6) is 0 Å². The summed E-state index contributed by atoms with van der Waals surface area (Å²) < 4.78 is 12.8. The van der Waals surface area contributed by atoms with Crippen LogP contribution in [0, 0.1) is 18.2 Å². The van der Waals surface area contributed by atoms with E-state index in [1.54, 1.807) is 6.07 Å². The molecule has 2 aromatic carbocycles. The molecule has 0 radical (unpaired) electrons. The van der Waals surface area contributed by atoms with Gasteiger partial charge in [-0.2, -0.15) is 0 Å². The van der Waals surface area contributed by atoms with Gasteiger partial charge in [-0.25, -0.2) is 4.39 Å². The van der Waals surface area contributed by atoms with E-state index in [-0.39, 0.29) is 5.82 Å². The van der Waals surface area contributed by atoms with Crippen LogP contribution >= 0.6 is 0 Å². The average molecular weight is 170 g/mol. The van der Waals surface area contributed by atoms with Crippen molar-refractivity contribution in [2.45, 2.75) is 0 Å². The monoisotopic (exact) mass is 170 g/mol. The van der Waals surface area contributed by atoms with E-state index >= 15 is 0 Å². The number of hydrogen-bond donors (Lipinski definition) is 0. The quantitative estimate of drug-likeness (QED) is 0.533. The molecule has 13 heavy (non-hydrogen) atoms. The van der Waals surface area contributed by atoms with Gasteiger partial charge in [-0.1, -0.05) is 18.1 Å². The smallest absolute Gasteiger partial charge is 0.123 e. The normalized spacial score (nSPS) is 9.85. The van der Waals surface area contributed by atoms with Gasteiger partial charge in [0.25, 0.3) is 0 Å². The third-order valence-corrected chi connectivity index (χ3v) is 1.97. The molecule has 0 bridgehead atoms. The average Bonchev–Trinajstić information content (AvgIpc) is 2.17. The molecule has 2 aromatic rings. The van der Waals surface area contributed by atoms with Crippen molar-refractivity contribution in [3.63, 3.8) is 0 Å². The van der Waals surface area contributed by atoms with Gasteiger partial charge in [0.1, 0.15) is 5.82 Å². The van der Waals surface area contributed by atoms with Gasteiger partial charge in [0, 0.05) is 5.56 Å². The minimum Gasteiger partial charge on any atom is -0.207 e. The highest BCUT2D eigenvalue weighted by Gasteiger charge is 1.95. The maximum atomic E-state index is 12.8. The van der Waals surface area contributed by atoms with Crippen LogP contribution in [0.2, 0.25) is 0 Å².